The standard InChI is InChI=1S/C11H12BrF/c12-11-4-2-1-3-8-5-6-9(13)7-10(8)11/h5-7,11H,1-4H2. The summed E-state index contributed by atoms with van der Waals surface area (Å²) in [6.45, 7) is 0. The van der Waals surface area contributed by atoms with Crippen molar-refractivity contribution in [3.63, 3.8) is 0 Å². The molecule has 0 fully saturated rings. The zero-order valence-corrected chi connectivity index (χ0v) is 8.98. The highest BCUT2D eigenvalue weighted by atomic mass is 79.9. The molecule has 1 aromatic rings. The lowest BCUT2D eigenvalue weighted by Crippen LogP contribution is -1.93. The molecule has 0 saturated heterocycles. The van der Waals surface area contributed by atoms with Gasteiger partial charge in [-0.25, -0.2) is 4.39 Å². The van der Waals surface area contributed by atoms with Crippen LogP contribution in [0.2, 0.25) is 0 Å². The van der Waals surface area contributed by atoms with Crippen molar-refractivity contribution in [3.05, 3.63) is 35.1 Å². The van der Waals surface area contributed by atoms with E-state index < -0.39 is 0 Å². The maximum absolute atomic E-state index is 13.0. The number of alkyl halides is 1. The Labute approximate surface area is 86.3 Å². The Kier molecular flexibility index (Phi) is 2.68. The Hall–Kier alpha value is -0.370. The van der Waals surface area contributed by atoms with Gasteiger partial charge in [0.25, 0.3) is 0 Å². The van der Waals surface area contributed by atoms with E-state index in [0.29, 0.717) is 4.83 Å². The molecule has 0 heterocycles. The van der Waals surface area contributed by atoms with Gasteiger partial charge in [-0.05, 0) is 42.5 Å². The van der Waals surface area contributed by atoms with E-state index in [0.717, 1.165) is 18.4 Å². The Bertz CT molecular complexity index is 309. The molecule has 1 atom stereocenters. The quantitative estimate of drug-likeness (QED) is 0.477. The van der Waals surface area contributed by atoms with Gasteiger partial charge in [-0.3, -0.25) is 0 Å². The van der Waals surface area contributed by atoms with E-state index in [-0.39, 0.29) is 5.82 Å². The largest absolute Gasteiger partial charge is 0.207 e. The summed E-state index contributed by atoms with van der Waals surface area (Å²) in [7, 11) is 0. The molecular formula is C11H12BrF. The maximum Gasteiger partial charge on any atom is 0.123 e. The molecule has 0 aromatic heterocycles. The highest BCUT2D eigenvalue weighted by molar-refractivity contribution is 9.09. The van der Waals surface area contributed by atoms with Crippen molar-refractivity contribution in [2.24, 2.45) is 0 Å². The lowest BCUT2D eigenvalue weighted by Gasteiger charge is -2.10. The van der Waals surface area contributed by atoms with Gasteiger partial charge in [0.05, 0.1) is 0 Å². The van der Waals surface area contributed by atoms with Crippen LogP contribution in [0.1, 0.15) is 35.2 Å². The number of aryl methyl sites for hydroxylation is 1. The first-order valence-corrected chi connectivity index (χ1v) is 5.61. The third kappa shape index (κ3) is 1.93. The van der Waals surface area contributed by atoms with E-state index in [1.54, 1.807) is 12.1 Å². The third-order valence-electron chi connectivity index (χ3n) is 2.60. The van der Waals surface area contributed by atoms with Crippen LogP contribution in [0.25, 0.3) is 0 Å². The van der Waals surface area contributed by atoms with Crippen LogP contribution >= 0.6 is 15.9 Å². The summed E-state index contributed by atoms with van der Waals surface area (Å²) in [5.74, 6) is -0.120. The molecular weight excluding hydrogens is 231 g/mol. The molecule has 0 spiro atoms. The molecule has 1 aromatic carbocycles. The molecule has 1 aliphatic carbocycles. The highest BCUT2D eigenvalue weighted by Gasteiger charge is 2.16. The maximum atomic E-state index is 13.0. The average Bonchev–Trinajstić information content (AvgIpc) is 2.29. The molecule has 70 valence electrons. The number of hydrogen-bond acceptors (Lipinski definition) is 0. The van der Waals surface area contributed by atoms with Crippen LogP contribution in [-0.4, -0.2) is 0 Å². The smallest absolute Gasteiger partial charge is 0.123 e. The van der Waals surface area contributed by atoms with Gasteiger partial charge >= 0.3 is 0 Å². The van der Waals surface area contributed by atoms with Crippen molar-refractivity contribution < 1.29 is 4.39 Å². The minimum absolute atomic E-state index is 0.120. The van der Waals surface area contributed by atoms with Crippen molar-refractivity contribution in [2.75, 3.05) is 0 Å². The van der Waals surface area contributed by atoms with Crippen LogP contribution in [0.3, 0.4) is 0 Å². The number of halogens is 2. The van der Waals surface area contributed by atoms with E-state index in [4.69, 9.17) is 0 Å². The summed E-state index contributed by atoms with van der Waals surface area (Å²) >= 11 is 3.60. The number of rotatable bonds is 0. The van der Waals surface area contributed by atoms with Crippen LogP contribution in [0.5, 0.6) is 0 Å². The zero-order valence-electron chi connectivity index (χ0n) is 7.39. The molecule has 0 N–H and O–H groups in total. The van der Waals surface area contributed by atoms with Gasteiger partial charge in [-0.1, -0.05) is 28.4 Å². The summed E-state index contributed by atoms with van der Waals surface area (Å²) in [4.78, 5) is 0.348. The van der Waals surface area contributed by atoms with Gasteiger partial charge in [-0.15, -0.1) is 0 Å². The van der Waals surface area contributed by atoms with Crippen molar-refractivity contribution in [1.82, 2.24) is 0 Å². The molecule has 0 radical (unpaired) electrons. The Morgan fingerprint density at radius 3 is 3.00 bits per heavy atom. The number of benzene rings is 1. The molecule has 0 nitrogen and oxygen atoms in total. The first-order valence-electron chi connectivity index (χ1n) is 4.70. The molecule has 0 amide bonds. The minimum atomic E-state index is -0.120. The second-order valence-electron chi connectivity index (χ2n) is 3.56. The normalized spacial score (nSPS) is 22.2. The van der Waals surface area contributed by atoms with Gasteiger partial charge < -0.3 is 0 Å². The van der Waals surface area contributed by atoms with Crippen LogP contribution in [-0.2, 0) is 6.42 Å². The summed E-state index contributed by atoms with van der Waals surface area (Å²) in [6, 6.07) is 5.15. The average molecular weight is 243 g/mol. The minimum Gasteiger partial charge on any atom is -0.207 e. The lowest BCUT2D eigenvalue weighted by atomic mass is 10.0. The van der Waals surface area contributed by atoms with Gasteiger partial charge in [-0.2, -0.15) is 0 Å². The second kappa shape index (κ2) is 3.79. The fraction of sp³-hybridized carbons (Fsp3) is 0.455. The molecule has 2 rings (SSSR count). The Morgan fingerprint density at radius 2 is 2.15 bits per heavy atom. The summed E-state index contributed by atoms with van der Waals surface area (Å²) < 4.78 is 13.0. The molecule has 1 unspecified atom stereocenters. The van der Waals surface area contributed by atoms with Crippen LogP contribution in [0, 0.1) is 5.82 Å². The molecule has 13 heavy (non-hydrogen) atoms. The SMILES string of the molecule is Fc1ccc2c(c1)C(Br)CCCC2. The van der Waals surface area contributed by atoms with E-state index >= 15 is 0 Å². The number of fused-ring (bicyclic) bond motifs is 1. The lowest BCUT2D eigenvalue weighted by molar-refractivity contribution is 0.624. The molecule has 2 heteroatoms. The van der Waals surface area contributed by atoms with E-state index in [1.807, 2.05) is 6.07 Å². The van der Waals surface area contributed by atoms with Gasteiger partial charge in [0.15, 0.2) is 0 Å². The molecule has 0 aliphatic heterocycles. The first kappa shape index (κ1) is 9.20. The summed E-state index contributed by atoms with van der Waals surface area (Å²) in [6.07, 6.45) is 4.67. The zero-order chi connectivity index (χ0) is 9.26. The number of hydrogen-bond donors (Lipinski definition) is 0. The monoisotopic (exact) mass is 242 g/mol. The van der Waals surface area contributed by atoms with Crippen molar-refractivity contribution in [3.8, 4) is 0 Å². The Balaban J connectivity index is 2.43. The summed E-state index contributed by atoms with van der Waals surface area (Å²) in [5, 5.41) is 0. The van der Waals surface area contributed by atoms with Crippen molar-refractivity contribution in [1.29, 1.82) is 0 Å². The topological polar surface area (TPSA) is 0 Å². The predicted molar refractivity (Wildman–Crippen MR) is 55.6 cm³/mol. The fourth-order valence-electron chi connectivity index (χ4n) is 1.88. The highest BCUT2D eigenvalue weighted by Crippen LogP contribution is 2.34. The Morgan fingerprint density at radius 1 is 1.31 bits per heavy atom. The van der Waals surface area contributed by atoms with E-state index in [2.05, 4.69) is 15.9 Å². The fourth-order valence-corrected chi connectivity index (χ4v) is 2.63. The van der Waals surface area contributed by atoms with Gasteiger partial charge in [0.2, 0.25) is 0 Å². The third-order valence-corrected chi connectivity index (χ3v) is 3.55. The second-order valence-corrected chi connectivity index (χ2v) is 4.66. The van der Waals surface area contributed by atoms with Crippen molar-refractivity contribution >= 4 is 15.9 Å². The molecule has 1 aliphatic rings. The van der Waals surface area contributed by atoms with Gasteiger partial charge in [0.1, 0.15) is 5.82 Å². The first-order chi connectivity index (χ1) is 6.27. The van der Waals surface area contributed by atoms with Crippen LogP contribution in [0.15, 0.2) is 18.2 Å². The summed E-state index contributed by atoms with van der Waals surface area (Å²) in [5.41, 5.74) is 2.46. The molecule has 0 bridgehead atoms. The van der Waals surface area contributed by atoms with E-state index in [1.165, 1.54) is 18.4 Å². The van der Waals surface area contributed by atoms with E-state index in [9.17, 15) is 4.39 Å². The molecule has 0 saturated carbocycles. The predicted octanol–water partition coefficient (Wildman–Crippen LogP) is 3.99. The van der Waals surface area contributed by atoms with Crippen LogP contribution < -0.4 is 0 Å². The van der Waals surface area contributed by atoms with Crippen molar-refractivity contribution in [2.45, 2.75) is 30.5 Å². The van der Waals surface area contributed by atoms with Gasteiger partial charge in [0, 0.05) is 4.83 Å². The van der Waals surface area contributed by atoms with Crippen LogP contribution in [0.4, 0.5) is 4.39 Å².